The number of nitro benzene ring substituents is 1. The van der Waals surface area contributed by atoms with Crippen LogP contribution in [0.15, 0.2) is 36.7 Å². The third kappa shape index (κ3) is 3.26. The number of carbonyl (C=O) groups is 1. The molecule has 2 aromatic rings. The number of carboxylic acid groups (broad SMARTS) is 1. The Kier molecular flexibility index (Phi) is 4.34. The third-order valence-corrected chi connectivity index (χ3v) is 2.99. The monoisotopic (exact) mass is 308 g/mol. The summed E-state index contributed by atoms with van der Waals surface area (Å²) in [7, 11) is 0. The maximum Gasteiger partial charge on any atom is 0.346 e. The minimum absolute atomic E-state index is 0.0250. The fraction of sp³-hybridized carbons (Fsp3) is 0.0769. The van der Waals surface area contributed by atoms with E-state index in [0.717, 1.165) is 6.07 Å². The van der Waals surface area contributed by atoms with Gasteiger partial charge < -0.3 is 9.84 Å². The maximum absolute atomic E-state index is 11.2. The first kappa shape index (κ1) is 14.7. The number of nitro groups is 1. The summed E-state index contributed by atoms with van der Waals surface area (Å²) >= 11 is 5.91. The molecule has 0 aliphatic heterocycles. The van der Waals surface area contributed by atoms with Crippen molar-refractivity contribution in [2.75, 3.05) is 0 Å². The number of aromatic nitrogens is 1. The summed E-state index contributed by atoms with van der Waals surface area (Å²) in [5, 5.41) is 20.4. The molecule has 0 aliphatic rings. The quantitative estimate of drug-likeness (QED) is 0.673. The van der Waals surface area contributed by atoms with Gasteiger partial charge in [0.05, 0.1) is 9.95 Å². The van der Waals surface area contributed by atoms with Gasteiger partial charge in [-0.1, -0.05) is 17.7 Å². The van der Waals surface area contributed by atoms with Gasteiger partial charge in [-0.3, -0.25) is 15.1 Å². The molecule has 1 N–H and O–H groups in total. The zero-order valence-corrected chi connectivity index (χ0v) is 11.3. The van der Waals surface area contributed by atoms with Crippen molar-refractivity contribution < 1.29 is 19.6 Å². The van der Waals surface area contributed by atoms with E-state index in [-0.39, 0.29) is 12.4 Å². The molecular weight excluding hydrogens is 300 g/mol. The number of hydrogen-bond donors (Lipinski definition) is 1. The Labute approximate surface area is 123 Å². The number of pyridine rings is 1. The number of ether oxygens (including phenoxy) is 1. The summed E-state index contributed by atoms with van der Waals surface area (Å²) < 4.78 is 5.36. The number of carboxylic acids is 1. The Balaban J connectivity index is 2.32. The number of rotatable bonds is 5. The second-order valence-corrected chi connectivity index (χ2v) is 4.38. The van der Waals surface area contributed by atoms with E-state index in [9.17, 15) is 14.9 Å². The van der Waals surface area contributed by atoms with Gasteiger partial charge in [-0.15, -0.1) is 0 Å². The summed E-state index contributed by atoms with van der Waals surface area (Å²) in [5.41, 5.74) is -0.428. The Bertz CT molecular complexity index is 705. The van der Waals surface area contributed by atoms with Crippen molar-refractivity contribution in [1.29, 1.82) is 0 Å². The highest BCUT2D eigenvalue weighted by Crippen LogP contribution is 2.29. The van der Waals surface area contributed by atoms with Gasteiger partial charge in [0.15, 0.2) is 5.56 Å². The number of hydrogen-bond acceptors (Lipinski definition) is 5. The van der Waals surface area contributed by atoms with Gasteiger partial charge in [-0.2, -0.15) is 0 Å². The van der Waals surface area contributed by atoms with Crippen LogP contribution in [0.3, 0.4) is 0 Å². The van der Waals surface area contributed by atoms with Crippen LogP contribution in [0.1, 0.15) is 15.9 Å². The van der Waals surface area contributed by atoms with Crippen LogP contribution in [0.5, 0.6) is 5.75 Å². The van der Waals surface area contributed by atoms with Gasteiger partial charge in [-0.25, -0.2) is 4.79 Å². The number of nitrogens with zero attached hydrogens (tertiary/aromatic N) is 2. The highest BCUT2D eigenvalue weighted by Gasteiger charge is 2.24. The molecule has 0 unspecified atom stereocenters. The van der Waals surface area contributed by atoms with E-state index >= 15 is 0 Å². The number of halogens is 1. The van der Waals surface area contributed by atoms with Crippen LogP contribution >= 0.6 is 11.6 Å². The van der Waals surface area contributed by atoms with Crippen LogP contribution in [-0.4, -0.2) is 21.0 Å². The van der Waals surface area contributed by atoms with Crippen molar-refractivity contribution in [2.45, 2.75) is 6.61 Å². The highest BCUT2D eigenvalue weighted by molar-refractivity contribution is 6.31. The molecule has 0 aliphatic carbocycles. The molecule has 2 rings (SSSR count). The van der Waals surface area contributed by atoms with E-state index < -0.39 is 22.1 Å². The Hall–Kier alpha value is -2.67. The first-order valence-electron chi connectivity index (χ1n) is 5.72. The van der Waals surface area contributed by atoms with Gasteiger partial charge in [0.2, 0.25) is 0 Å². The largest absolute Gasteiger partial charge is 0.488 e. The molecule has 8 heteroatoms. The summed E-state index contributed by atoms with van der Waals surface area (Å²) in [4.78, 5) is 25.1. The minimum Gasteiger partial charge on any atom is -0.488 e. The third-order valence-electron chi connectivity index (χ3n) is 2.65. The van der Waals surface area contributed by atoms with Crippen LogP contribution in [-0.2, 0) is 6.61 Å². The fourth-order valence-electron chi connectivity index (χ4n) is 1.68. The standard InChI is InChI=1S/C13H9ClN2O5/c14-9-6-15-5-4-8(9)7-21-11-3-1-2-10(16(19)20)12(11)13(17)18/h1-6H,7H2,(H,17,18). The van der Waals surface area contributed by atoms with Crippen LogP contribution in [0.25, 0.3) is 0 Å². The normalized spacial score (nSPS) is 10.1. The molecule has 7 nitrogen and oxygen atoms in total. The predicted octanol–water partition coefficient (Wildman–Crippen LogP) is 2.92. The van der Waals surface area contributed by atoms with Crippen molar-refractivity contribution in [3.8, 4) is 5.75 Å². The molecule has 1 aromatic carbocycles. The van der Waals surface area contributed by atoms with E-state index in [1.165, 1.54) is 24.5 Å². The van der Waals surface area contributed by atoms with Gasteiger partial charge >= 0.3 is 5.97 Å². The first-order chi connectivity index (χ1) is 10.0. The predicted molar refractivity (Wildman–Crippen MR) is 73.6 cm³/mol. The molecule has 0 radical (unpaired) electrons. The second-order valence-electron chi connectivity index (χ2n) is 3.97. The zero-order valence-electron chi connectivity index (χ0n) is 10.5. The van der Waals surface area contributed by atoms with Crippen molar-refractivity contribution in [1.82, 2.24) is 4.98 Å². The lowest BCUT2D eigenvalue weighted by molar-refractivity contribution is -0.385. The maximum atomic E-state index is 11.2. The van der Waals surface area contributed by atoms with E-state index in [4.69, 9.17) is 21.4 Å². The molecule has 0 saturated heterocycles. The molecule has 1 aromatic heterocycles. The van der Waals surface area contributed by atoms with Crippen LogP contribution in [0.4, 0.5) is 5.69 Å². The van der Waals surface area contributed by atoms with Crippen molar-refractivity contribution in [3.05, 3.63) is 62.9 Å². The van der Waals surface area contributed by atoms with Gasteiger partial charge in [0, 0.05) is 24.0 Å². The molecule has 21 heavy (non-hydrogen) atoms. The van der Waals surface area contributed by atoms with Crippen LogP contribution in [0.2, 0.25) is 5.02 Å². The second kappa shape index (κ2) is 6.19. The molecule has 0 atom stereocenters. The van der Waals surface area contributed by atoms with E-state index in [1.54, 1.807) is 6.07 Å². The summed E-state index contributed by atoms with van der Waals surface area (Å²) in [6, 6.07) is 5.43. The first-order valence-corrected chi connectivity index (χ1v) is 6.10. The van der Waals surface area contributed by atoms with E-state index in [0.29, 0.717) is 10.6 Å². The Morgan fingerprint density at radius 1 is 1.43 bits per heavy atom. The Morgan fingerprint density at radius 2 is 2.19 bits per heavy atom. The zero-order chi connectivity index (χ0) is 15.4. The molecule has 108 valence electrons. The number of aromatic carboxylic acids is 1. The average Bonchev–Trinajstić information content (AvgIpc) is 2.45. The minimum atomic E-state index is -1.43. The molecule has 0 saturated carbocycles. The van der Waals surface area contributed by atoms with Crippen LogP contribution in [0, 0.1) is 10.1 Å². The average molecular weight is 309 g/mol. The number of benzene rings is 1. The lowest BCUT2D eigenvalue weighted by Crippen LogP contribution is -2.07. The van der Waals surface area contributed by atoms with Crippen molar-refractivity contribution in [3.63, 3.8) is 0 Å². The molecule has 0 bridgehead atoms. The lowest BCUT2D eigenvalue weighted by atomic mass is 10.1. The molecule has 0 amide bonds. The fourth-order valence-corrected chi connectivity index (χ4v) is 1.86. The van der Waals surface area contributed by atoms with Crippen molar-refractivity contribution >= 4 is 23.3 Å². The highest BCUT2D eigenvalue weighted by atomic mass is 35.5. The smallest absolute Gasteiger partial charge is 0.346 e. The topological polar surface area (TPSA) is 103 Å². The Morgan fingerprint density at radius 3 is 2.81 bits per heavy atom. The van der Waals surface area contributed by atoms with Gasteiger partial charge in [0.25, 0.3) is 5.69 Å². The molecule has 0 fully saturated rings. The SMILES string of the molecule is O=C(O)c1c(OCc2ccncc2Cl)cccc1[N+](=O)[O-]. The van der Waals surface area contributed by atoms with Gasteiger partial charge in [0.1, 0.15) is 12.4 Å². The summed E-state index contributed by atoms with van der Waals surface area (Å²) in [6.07, 6.45) is 2.93. The summed E-state index contributed by atoms with van der Waals surface area (Å²) in [5.74, 6) is -1.53. The lowest BCUT2D eigenvalue weighted by Gasteiger charge is -2.10. The molecule has 0 spiro atoms. The van der Waals surface area contributed by atoms with Gasteiger partial charge in [-0.05, 0) is 12.1 Å². The summed E-state index contributed by atoms with van der Waals surface area (Å²) in [6.45, 7) is -0.0250. The molecular formula is C13H9ClN2O5. The van der Waals surface area contributed by atoms with Crippen LogP contribution < -0.4 is 4.74 Å². The molecule has 1 heterocycles. The van der Waals surface area contributed by atoms with Crippen molar-refractivity contribution in [2.24, 2.45) is 0 Å². The van der Waals surface area contributed by atoms with E-state index in [1.807, 2.05) is 0 Å². The van der Waals surface area contributed by atoms with E-state index in [2.05, 4.69) is 4.98 Å².